The lowest BCUT2D eigenvalue weighted by Crippen LogP contribution is -2.28. The molecule has 0 unspecified atom stereocenters. The number of aromatic nitrogens is 2. The van der Waals surface area contributed by atoms with Gasteiger partial charge in [-0.25, -0.2) is 9.18 Å². The first kappa shape index (κ1) is 19.9. The van der Waals surface area contributed by atoms with Crippen LogP contribution in [0.5, 0.6) is 0 Å². The Morgan fingerprint density at radius 1 is 1.03 bits per heavy atom. The molecular formula is C26H20FN3O2. The summed E-state index contributed by atoms with van der Waals surface area (Å²) in [6.07, 6.45) is 6.64. The van der Waals surface area contributed by atoms with Crippen molar-refractivity contribution in [3.05, 3.63) is 96.2 Å². The Kier molecular flexibility index (Phi) is 5.11. The molecule has 1 aliphatic heterocycles. The molecule has 5 nitrogen and oxygen atoms in total. The zero-order valence-corrected chi connectivity index (χ0v) is 17.2. The molecule has 3 heterocycles. The lowest BCUT2D eigenvalue weighted by atomic mass is 9.94. The first-order valence-corrected chi connectivity index (χ1v) is 10.4. The Morgan fingerprint density at radius 2 is 1.88 bits per heavy atom. The molecule has 1 N–H and O–H groups in total. The summed E-state index contributed by atoms with van der Waals surface area (Å²) in [7, 11) is 0. The Morgan fingerprint density at radius 3 is 2.56 bits per heavy atom. The molecule has 0 atom stereocenters. The summed E-state index contributed by atoms with van der Waals surface area (Å²) in [5, 5.41) is 10.5. The van der Waals surface area contributed by atoms with Crippen molar-refractivity contribution in [2.24, 2.45) is 0 Å². The van der Waals surface area contributed by atoms with E-state index in [1.54, 1.807) is 30.5 Å². The second-order valence-corrected chi connectivity index (χ2v) is 7.70. The van der Waals surface area contributed by atoms with Gasteiger partial charge >= 0.3 is 5.97 Å². The molecule has 2 aromatic carbocycles. The molecule has 0 aliphatic carbocycles. The lowest BCUT2D eigenvalue weighted by molar-refractivity contribution is 0.0698. The van der Waals surface area contributed by atoms with Gasteiger partial charge in [0.1, 0.15) is 5.82 Å². The van der Waals surface area contributed by atoms with Crippen LogP contribution in [0.2, 0.25) is 0 Å². The molecule has 5 rings (SSSR count). The Balaban J connectivity index is 1.56. The summed E-state index contributed by atoms with van der Waals surface area (Å²) in [6, 6.07) is 17.0. The van der Waals surface area contributed by atoms with Crippen LogP contribution >= 0.6 is 0 Å². The van der Waals surface area contributed by atoms with Crippen molar-refractivity contribution in [1.29, 1.82) is 0 Å². The first-order chi connectivity index (χ1) is 15.6. The fourth-order valence-electron chi connectivity index (χ4n) is 4.16. The van der Waals surface area contributed by atoms with Crippen molar-refractivity contribution in [1.82, 2.24) is 9.97 Å². The molecule has 0 radical (unpaired) electrons. The average molecular weight is 425 g/mol. The van der Waals surface area contributed by atoms with E-state index in [2.05, 4.69) is 20.9 Å². The van der Waals surface area contributed by atoms with Crippen LogP contribution in [-0.2, 0) is 0 Å². The maximum atomic E-state index is 13.5. The maximum absolute atomic E-state index is 13.5. The normalized spacial score (nSPS) is 13.8. The fraction of sp³-hybridized carbons (Fsp3) is 0.115. The lowest BCUT2D eigenvalue weighted by Gasteiger charge is -2.28. The second kappa shape index (κ2) is 8.23. The number of pyridine rings is 2. The molecule has 2 aromatic heterocycles. The zero-order valence-electron chi connectivity index (χ0n) is 17.2. The van der Waals surface area contributed by atoms with E-state index in [0.29, 0.717) is 23.2 Å². The predicted octanol–water partition coefficient (Wildman–Crippen LogP) is 5.43. The summed E-state index contributed by atoms with van der Waals surface area (Å²) in [5.74, 6) is -1.40. The number of hydrogen-bond donors (Lipinski definition) is 1. The van der Waals surface area contributed by atoms with Crippen molar-refractivity contribution in [3.63, 3.8) is 0 Å². The minimum absolute atomic E-state index is 0.166. The predicted molar refractivity (Wildman–Crippen MR) is 123 cm³/mol. The highest BCUT2D eigenvalue weighted by molar-refractivity contribution is 6.07. The van der Waals surface area contributed by atoms with E-state index in [0.717, 1.165) is 29.7 Å². The van der Waals surface area contributed by atoms with Crippen LogP contribution < -0.4 is 4.90 Å². The number of hydrogen-bond acceptors (Lipinski definition) is 4. The van der Waals surface area contributed by atoms with Gasteiger partial charge in [-0.15, -0.1) is 0 Å². The van der Waals surface area contributed by atoms with Gasteiger partial charge in [-0.1, -0.05) is 24.3 Å². The topological polar surface area (TPSA) is 66.3 Å². The summed E-state index contributed by atoms with van der Waals surface area (Å²) in [5.41, 5.74) is 5.18. The number of aromatic carboxylic acids is 1. The van der Waals surface area contributed by atoms with Crippen molar-refractivity contribution < 1.29 is 14.3 Å². The van der Waals surface area contributed by atoms with Crippen LogP contribution in [0.1, 0.15) is 22.5 Å². The van der Waals surface area contributed by atoms with E-state index in [1.807, 2.05) is 30.5 Å². The quantitative estimate of drug-likeness (QED) is 0.472. The van der Waals surface area contributed by atoms with Crippen LogP contribution in [0, 0.1) is 5.82 Å². The molecule has 0 saturated carbocycles. The van der Waals surface area contributed by atoms with E-state index < -0.39 is 5.97 Å². The molecule has 0 fully saturated rings. The fourth-order valence-corrected chi connectivity index (χ4v) is 4.16. The smallest absolute Gasteiger partial charge is 0.336 e. The van der Waals surface area contributed by atoms with Gasteiger partial charge in [-0.2, -0.15) is 0 Å². The number of rotatable bonds is 4. The van der Waals surface area contributed by atoms with Crippen molar-refractivity contribution in [3.8, 4) is 11.1 Å². The Hall–Kier alpha value is -4.06. The van der Waals surface area contributed by atoms with E-state index >= 15 is 0 Å². The first-order valence-electron chi connectivity index (χ1n) is 10.4. The number of carboxylic acid groups (broad SMARTS) is 1. The van der Waals surface area contributed by atoms with Crippen LogP contribution in [-0.4, -0.2) is 34.1 Å². The van der Waals surface area contributed by atoms with Gasteiger partial charge in [-0.05, 0) is 60.0 Å². The van der Waals surface area contributed by atoms with Crippen molar-refractivity contribution in [2.45, 2.75) is 6.42 Å². The number of carboxylic acids is 1. The highest BCUT2D eigenvalue weighted by Gasteiger charge is 2.19. The highest BCUT2D eigenvalue weighted by atomic mass is 19.1. The number of halogens is 1. The second-order valence-electron chi connectivity index (χ2n) is 7.70. The van der Waals surface area contributed by atoms with E-state index in [4.69, 9.17) is 0 Å². The van der Waals surface area contributed by atoms with E-state index in [-0.39, 0.29) is 11.4 Å². The van der Waals surface area contributed by atoms with E-state index in [9.17, 15) is 14.3 Å². The number of anilines is 1. The molecule has 0 bridgehead atoms. The van der Waals surface area contributed by atoms with Crippen LogP contribution in [0.15, 0.2) is 79.1 Å². The minimum atomic E-state index is -1.03. The molecule has 32 heavy (non-hydrogen) atoms. The molecule has 4 aromatic rings. The van der Waals surface area contributed by atoms with Crippen LogP contribution in [0.3, 0.4) is 0 Å². The highest BCUT2D eigenvalue weighted by Crippen LogP contribution is 2.34. The van der Waals surface area contributed by atoms with Gasteiger partial charge in [0.2, 0.25) is 0 Å². The minimum Gasteiger partial charge on any atom is -0.478 e. The Labute approximate surface area is 184 Å². The third-order valence-corrected chi connectivity index (χ3v) is 5.78. The van der Waals surface area contributed by atoms with Gasteiger partial charge in [0, 0.05) is 30.2 Å². The average Bonchev–Trinajstić information content (AvgIpc) is 2.84. The van der Waals surface area contributed by atoms with E-state index in [1.165, 1.54) is 17.7 Å². The molecule has 158 valence electrons. The molecule has 0 spiro atoms. The number of carbonyl (C=O) groups is 1. The van der Waals surface area contributed by atoms with Crippen molar-refractivity contribution >= 4 is 28.1 Å². The largest absolute Gasteiger partial charge is 0.478 e. The molecule has 0 amide bonds. The third-order valence-electron chi connectivity index (χ3n) is 5.78. The zero-order chi connectivity index (χ0) is 22.1. The molecular weight excluding hydrogens is 405 g/mol. The number of nitrogens with zero attached hydrogens (tertiary/aromatic N) is 3. The van der Waals surface area contributed by atoms with Gasteiger partial charge in [0.15, 0.2) is 0 Å². The maximum Gasteiger partial charge on any atom is 0.336 e. The number of fused-ring (bicyclic) bond motifs is 1. The van der Waals surface area contributed by atoms with Gasteiger partial charge < -0.3 is 10.0 Å². The molecule has 6 heteroatoms. The summed E-state index contributed by atoms with van der Waals surface area (Å²) in [6.45, 7) is 1.52. The van der Waals surface area contributed by atoms with Gasteiger partial charge in [0.05, 0.1) is 28.7 Å². The SMILES string of the molecule is O=C(O)c1ccc2ncc(N3CC=C(c4ccccn4)CC3)cc2c1-c1ccc(F)cc1. The van der Waals surface area contributed by atoms with Gasteiger partial charge in [-0.3, -0.25) is 9.97 Å². The van der Waals surface area contributed by atoms with Gasteiger partial charge in [0.25, 0.3) is 0 Å². The van der Waals surface area contributed by atoms with Crippen molar-refractivity contribution in [2.75, 3.05) is 18.0 Å². The molecule has 1 aliphatic rings. The molecule has 0 saturated heterocycles. The van der Waals surface area contributed by atoms with Crippen LogP contribution in [0.4, 0.5) is 10.1 Å². The standard InChI is InChI=1S/C26H20FN3O2/c27-19-6-4-18(5-7-19)25-21(26(31)32)8-9-24-22(25)15-20(16-29-24)30-13-10-17(11-14-30)23-3-1-2-12-28-23/h1-10,12,15-16H,11,13-14H2,(H,31,32). The monoisotopic (exact) mass is 425 g/mol. The van der Waals surface area contributed by atoms with Crippen LogP contribution in [0.25, 0.3) is 27.6 Å². The summed E-state index contributed by atoms with van der Waals surface area (Å²) >= 11 is 0. The third kappa shape index (κ3) is 3.71. The summed E-state index contributed by atoms with van der Waals surface area (Å²) < 4.78 is 13.5. The Bertz CT molecular complexity index is 1330. The summed E-state index contributed by atoms with van der Waals surface area (Å²) in [4.78, 5) is 23.2. The number of benzene rings is 2.